The summed E-state index contributed by atoms with van der Waals surface area (Å²) in [7, 11) is 0. The normalized spacial score (nSPS) is 15.0. The third kappa shape index (κ3) is 31.4. The Hall–Kier alpha value is -5.66. The summed E-state index contributed by atoms with van der Waals surface area (Å²) in [6.07, 6.45) is -8.52. The molecule has 0 aromatic heterocycles. The van der Waals surface area contributed by atoms with Crippen molar-refractivity contribution in [3.8, 4) is 0 Å². The number of nitrogens with zero attached hydrogens (tertiary/aromatic N) is 9. The third-order valence-electron chi connectivity index (χ3n) is 12.3. The van der Waals surface area contributed by atoms with Gasteiger partial charge >= 0.3 is 0 Å². The molecule has 29 heteroatoms. The second kappa shape index (κ2) is 38.2. The van der Waals surface area contributed by atoms with E-state index in [4.69, 9.17) is 5.73 Å². The van der Waals surface area contributed by atoms with Crippen molar-refractivity contribution in [1.82, 2.24) is 49.4 Å². The van der Waals surface area contributed by atoms with E-state index in [0.717, 1.165) is 44.1 Å². The smallest absolute Gasteiger partial charge is 0.242 e. The van der Waals surface area contributed by atoms with Crippen LogP contribution in [-0.4, -0.2) is 323 Å². The maximum absolute atomic E-state index is 14.2. The highest BCUT2D eigenvalue weighted by molar-refractivity contribution is 5.94. The molecule has 468 valence electrons. The van der Waals surface area contributed by atoms with E-state index >= 15 is 0 Å². The summed E-state index contributed by atoms with van der Waals surface area (Å²) in [6.45, 7) is 7.83. The molecule has 29 nitrogen and oxygen atoms in total. The van der Waals surface area contributed by atoms with Gasteiger partial charge in [0.1, 0.15) is 6.54 Å². The van der Waals surface area contributed by atoms with Crippen molar-refractivity contribution in [2.45, 2.75) is 157 Å². The maximum atomic E-state index is 14.2. The minimum Gasteiger partial charge on any atom is -0.392 e. The highest BCUT2D eigenvalue weighted by atomic mass is 16.3. The van der Waals surface area contributed by atoms with Gasteiger partial charge in [-0.2, -0.15) is 0 Å². The van der Waals surface area contributed by atoms with Crippen LogP contribution in [0.5, 0.6) is 0 Å². The van der Waals surface area contributed by atoms with Gasteiger partial charge in [0.25, 0.3) is 0 Å². The number of nitrogens with one attached hydrogen (secondary N) is 1. The van der Waals surface area contributed by atoms with Crippen LogP contribution in [0, 0.1) is 0 Å². The number of amides is 10. The van der Waals surface area contributed by atoms with Crippen LogP contribution in [0.4, 0.5) is 0 Å². The number of aliphatic hydroxyl groups is 8. The molecule has 0 aromatic rings. The topological polar surface area (TPSA) is 400 Å². The van der Waals surface area contributed by atoms with Gasteiger partial charge in [0, 0.05) is 64.4 Å². The van der Waals surface area contributed by atoms with Crippen LogP contribution in [0.2, 0.25) is 0 Å². The second-order valence-electron chi connectivity index (χ2n) is 21.4. The molecule has 0 heterocycles. The number of primary amides is 1. The van der Waals surface area contributed by atoms with Crippen molar-refractivity contribution in [2.75, 3.05) is 118 Å². The number of nitrogens with two attached hydrogens (primary N) is 1. The molecule has 0 radical (unpaired) electrons. The zero-order valence-corrected chi connectivity index (χ0v) is 49.7. The van der Waals surface area contributed by atoms with Gasteiger partial charge < -0.3 is 96.0 Å². The van der Waals surface area contributed by atoms with E-state index in [1.165, 1.54) is 55.4 Å². The van der Waals surface area contributed by atoms with Crippen LogP contribution < -0.4 is 11.1 Å². The monoisotopic (exact) mass is 1160 g/mol. The maximum Gasteiger partial charge on any atom is 0.242 e. The number of aliphatic hydroxyl groups excluding tert-OH is 8. The standard InChI is InChI=1S/C52H97N11O18/c1-13-33(3)54-15-44(73)56(17-36(6)65)25-46(75)57(18-37(7)66)27-47(76)58(19-38(8)67)28-48(77)59(20-39(9)68)29-49(78)60(21-40(10)69)30-50(79)62(23-42(12)71)31-52(81)63(34(4)14-2)32-51(80)61(22-41(11)70)26-45(74)55(16-35(5)64)24-43(53)72/h33-42,54,64-71H,13-32H2,1-12H3,(H2,53,72). The first-order valence-electron chi connectivity index (χ1n) is 27.5. The van der Waals surface area contributed by atoms with E-state index in [1.54, 1.807) is 13.8 Å². The highest BCUT2D eigenvalue weighted by Crippen LogP contribution is 2.12. The zero-order valence-electron chi connectivity index (χ0n) is 49.7. The van der Waals surface area contributed by atoms with Crippen LogP contribution in [0.1, 0.15) is 95.9 Å². The van der Waals surface area contributed by atoms with Crippen molar-refractivity contribution >= 4 is 59.1 Å². The molecule has 0 aliphatic carbocycles. The van der Waals surface area contributed by atoms with Gasteiger partial charge in [0.2, 0.25) is 59.1 Å². The number of carbonyl (C=O) groups excluding carboxylic acids is 10. The number of carbonyl (C=O) groups is 10. The first-order valence-corrected chi connectivity index (χ1v) is 27.5. The van der Waals surface area contributed by atoms with Crippen molar-refractivity contribution in [3.63, 3.8) is 0 Å². The van der Waals surface area contributed by atoms with Crippen molar-refractivity contribution in [2.24, 2.45) is 5.73 Å². The summed E-state index contributed by atoms with van der Waals surface area (Å²) in [5, 5.41) is 85.7. The van der Waals surface area contributed by atoms with Crippen molar-refractivity contribution in [1.29, 1.82) is 0 Å². The Morgan fingerprint density at radius 1 is 0.321 bits per heavy atom. The van der Waals surface area contributed by atoms with E-state index in [-0.39, 0.29) is 38.6 Å². The fourth-order valence-corrected chi connectivity index (χ4v) is 8.08. The number of rotatable bonds is 40. The number of hydrogen-bond donors (Lipinski definition) is 10. The molecule has 11 N–H and O–H groups in total. The summed E-state index contributed by atoms with van der Waals surface area (Å²) in [4.78, 5) is 145. The molecule has 0 spiro atoms. The van der Waals surface area contributed by atoms with Gasteiger partial charge in [-0.25, -0.2) is 0 Å². The average molecular weight is 1160 g/mol. The van der Waals surface area contributed by atoms with Crippen LogP contribution in [0.15, 0.2) is 0 Å². The predicted molar refractivity (Wildman–Crippen MR) is 295 cm³/mol. The quantitative estimate of drug-likeness (QED) is 0.0273. The molecule has 0 aromatic carbocycles. The second-order valence-corrected chi connectivity index (χ2v) is 21.4. The third-order valence-corrected chi connectivity index (χ3v) is 12.3. The van der Waals surface area contributed by atoms with Gasteiger partial charge in [-0.1, -0.05) is 13.8 Å². The Bertz CT molecular complexity index is 2010. The SMILES string of the molecule is CCC(C)NCC(=O)N(CC(=O)N(CC(=O)N(CC(=O)N(CC(=O)N(CC(=O)N(CC(=O)N(CC(=O)N(CC(=O)N(CC(N)=O)CC(C)O)CC(C)O)C(C)CC)CC(C)O)CC(C)O)CC(C)O)CC(C)O)CC(C)O)CC(C)O. The summed E-state index contributed by atoms with van der Waals surface area (Å²) in [5.41, 5.74) is 5.30. The van der Waals surface area contributed by atoms with Crippen LogP contribution in [0.3, 0.4) is 0 Å². The number of hydrogen-bond acceptors (Lipinski definition) is 19. The summed E-state index contributed by atoms with van der Waals surface area (Å²) < 4.78 is 0. The lowest BCUT2D eigenvalue weighted by Crippen LogP contribution is -2.55. The van der Waals surface area contributed by atoms with E-state index in [0.29, 0.717) is 6.42 Å². The first kappa shape index (κ1) is 75.3. The van der Waals surface area contributed by atoms with E-state index in [2.05, 4.69) is 5.32 Å². The van der Waals surface area contributed by atoms with Crippen LogP contribution in [0.25, 0.3) is 0 Å². The first-order chi connectivity index (χ1) is 37.5. The van der Waals surface area contributed by atoms with Gasteiger partial charge in [-0.05, 0) is 82.1 Å². The molecule has 10 atom stereocenters. The molecule has 0 aliphatic heterocycles. The molecule has 0 saturated heterocycles. The van der Waals surface area contributed by atoms with E-state index in [1.807, 2.05) is 13.8 Å². The zero-order chi connectivity index (χ0) is 62.6. The molecule has 0 rings (SSSR count). The Morgan fingerprint density at radius 3 is 0.741 bits per heavy atom. The lowest BCUT2D eigenvalue weighted by molar-refractivity contribution is -0.151. The molecule has 0 saturated carbocycles. The van der Waals surface area contributed by atoms with E-state index < -0.39 is 206 Å². The van der Waals surface area contributed by atoms with Crippen LogP contribution >= 0.6 is 0 Å². The molecule has 0 aliphatic rings. The Labute approximate surface area is 476 Å². The van der Waals surface area contributed by atoms with Gasteiger partial charge in [-0.3, -0.25) is 47.9 Å². The van der Waals surface area contributed by atoms with Gasteiger partial charge in [-0.15, -0.1) is 0 Å². The fourth-order valence-electron chi connectivity index (χ4n) is 8.08. The molecule has 0 bridgehead atoms. The van der Waals surface area contributed by atoms with Gasteiger partial charge in [0.05, 0.1) is 108 Å². The van der Waals surface area contributed by atoms with Crippen molar-refractivity contribution in [3.05, 3.63) is 0 Å². The predicted octanol–water partition coefficient (Wildman–Crippen LogP) is -5.84. The van der Waals surface area contributed by atoms with Crippen molar-refractivity contribution < 1.29 is 88.8 Å². The Morgan fingerprint density at radius 2 is 0.531 bits per heavy atom. The van der Waals surface area contributed by atoms with E-state index in [9.17, 15) is 88.8 Å². The highest BCUT2D eigenvalue weighted by Gasteiger charge is 2.34. The summed E-state index contributed by atoms with van der Waals surface area (Å²) in [6, 6.07) is -0.710. The molecule has 0 fully saturated rings. The summed E-state index contributed by atoms with van der Waals surface area (Å²) >= 11 is 0. The van der Waals surface area contributed by atoms with Crippen LogP contribution in [-0.2, 0) is 47.9 Å². The molecule has 10 amide bonds. The fraction of sp³-hybridized carbons (Fsp3) is 0.808. The minimum absolute atomic E-state index is 0.0386. The average Bonchev–Trinajstić information content (AvgIpc) is 3.33. The molecular formula is C52H97N11O18. The minimum atomic E-state index is -1.28. The lowest BCUT2D eigenvalue weighted by atomic mass is 10.2. The molecule has 10 unspecified atom stereocenters. The Balaban J connectivity index is 6.82. The summed E-state index contributed by atoms with van der Waals surface area (Å²) in [5.74, 6) is -8.35. The van der Waals surface area contributed by atoms with Gasteiger partial charge in [0.15, 0.2) is 0 Å². The lowest BCUT2D eigenvalue weighted by Gasteiger charge is -2.35. The molecule has 81 heavy (non-hydrogen) atoms. The molecular weight excluding hydrogens is 1070 g/mol. The largest absolute Gasteiger partial charge is 0.392 e. The Kier molecular flexibility index (Phi) is 35.5.